The maximum atomic E-state index is 12.2. The van der Waals surface area contributed by atoms with Crippen LogP contribution in [0.2, 0.25) is 5.02 Å². The minimum Gasteiger partial charge on any atom is -0.360 e. The van der Waals surface area contributed by atoms with Crippen LogP contribution in [0.25, 0.3) is 0 Å². The third kappa shape index (κ3) is 3.62. The fourth-order valence-corrected chi connectivity index (χ4v) is 2.53. The summed E-state index contributed by atoms with van der Waals surface area (Å²) in [5.74, 6) is -0.0479. The SMILES string of the molecule is CN(CC(=O)N1CCNCC1)c1cccc(Cl)c1[N+](=O)[O-]. The minimum atomic E-state index is -0.524. The van der Waals surface area contributed by atoms with Crippen LogP contribution in [0.3, 0.4) is 0 Å². The van der Waals surface area contributed by atoms with E-state index in [0.717, 1.165) is 13.1 Å². The Bertz CT molecular complexity index is 546. The molecule has 0 spiro atoms. The fourth-order valence-electron chi connectivity index (χ4n) is 2.30. The lowest BCUT2D eigenvalue weighted by Gasteiger charge is -2.29. The highest BCUT2D eigenvalue weighted by atomic mass is 35.5. The number of nitro groups is 1. The lowest BCUT2D eigenvalue weighted by Crippen LogP contribution is -2.49. The standard InChI is InChI=1S/C13H17ClN4O3/c1-16(9-12(19)17-7-5-15-6-8-17)11-4-2-3-10(14)13(11)18(20)21/h2-4,15H,5-9H2,1H3. The molecule has 0 saturated carbocycles. The highest BCUT2D eigenvalue weighted by Gasteiger charge is 2.24. The zero-order valence-corrected chi connectivity index (χ0v) is 12.5. The van der Waals surface area contributed by atoms with Crippen LogP contribution in [0.1, 0.15) is 0 Å². The maximum absolute atomic E-state index is 12.2. The first kappa shape index (κ1) is 15.5. The molecule has 0 unspecified atom stereocenters. The normalized spacial score (nSPS) is 14.9. The molecular formula is C13H17ClN4O3. The Balaban J connectivity index is 2.13. The van der Waals surface area contributed by atoms with Crippen molar-refractivity contribution in [2.75, 3.05) is 44.7 Å². The average molecular weight is 313 g/mol. The number of likely N-dealkylation sites (N-methyl/N-ethyl adjacent to an activating group) is 1. The molecule has 2 rings (SSSR count). The molecule has 0 aromatic heterocycles. The van der Waals surface area contributed by atoms with E-state index in [1.54, 1.807) is 29.0 Å². The van der Waals surface area contributed by atoms with Gasteiger partial charge < -0.3 is 15.1 Å². The summed E-state index contributed by atoms with van der Waals surface area (Å²) in [4.78, 5) is 26.1. The highest BCUT2D eigenvalue weighted by Crippen LogP contribution is 2.34. The van der Waals surface area contributed by atoms with Crippen molar-refractivity contribution in [3.8, 4) is 0 Å². The van der Waals surface area contributed by atoms with Gasteiger partial charge in [0.25, 0.3) is 0 Å². The van der Waals surface area contributed by atoms with Gasteiger partial charge in [-0.25, -0.2) is 0 Å². The van der Waals surface area contributed by atoms with E-state index < -0.39 is 4.92 Å². The number of hydrogen-bond acceptors (Lipinski definition) is 5. The van der Waals surface area contributed by atoms with Crippen LogP contribution in [0, 0.1) is 10.1 Å². The number of benzene rings is 1. The summed E-state index contributed by atoms with van der Waals surface area (Å²) in [5.41, 5.74) is 0.172. The summed E-state index contributed by atoms with van der Waals surface area (Å²) < 4.78 is 0. The van der Waals surface area contributed by atoms with E-state index in [1.807, 2.05) is 0 Å². The molecule has 114 valence electrons. The van der Waals surface area contributed by atoms with Gasteiger partial charge >= 0.3 is 5.69 Å². The summed E-state index contributed by atoms with van der Waals surface area (Å²) >= 11 is 5.88. The molecule has 1 fully saturated rings. The van der Waals surface area contributed by atoms with E-state index in [9.17, 15) is 14.9 Å². The molecule has 1 aromatic carbocycles. The largest absolute Gasteiger partial charge is 0.360 e. The smallest absolute Gasteiger partial charge is 0.310 e. The lowest BCUT2D eigenvalue weighted by atomic mass is 10.2. The molecule has 1 aromatic rings. The van der Waals surface area contributed by atoms with Crippen LogP contribution >= 0.6 is 11.6 Å². The van der Waals surface area contributed by atoms with E-state index in [4.69, 9.17) is 11.6 Å². The van der Waals surface area contributed by atoms with Crippen LogP contribution in [-0.2, 0) is 4.79 Å². The van der Waals surface area contributed by atoms with Gasteiger partial charge in [-0.1, -0.05) is 17.7 Å². The molecule has 1 saturated heterocycles. The Hall–Kier alpha value is -1.86. The first-order valence-corrected chi connectivity index (χ1v) is 7.01. The van der Waals surface area contributed by atoms with E-state index >= 15 is 0 Å². The number of nitro benzene ring substituents is 1. The molecule has 1 aliphatic heterocycles. The van der Waals surface area contributed by atoms with Gasteiger partial charge in [0.05, 0.1) is 11.5 Å². The molecule has 1 amide bonds. The quantitative estimate of drug-likeness (QED) is 0.665. The Morgan fingerprint density at radius 2 is 2.14 bits per heavy atom. The van der Waals surface area contributed by atoms with Crippen molar-refractivity contribution in [3.05, 3.63) is 33.3 Å². The van der Waals surface area contributed by atoms with Crippen LogP contribution in [-0.4, -0.2) is 55.5 Å². The first-order valence-electron chi connectivity index (χ1n) is 6.63. The minimum absolute atomic E-state index is 0.0479. The number of halogens is 1. The second kappa shape index (κ2) is 6.73. The van der Waals surface area contributed by atoms with Gasteiger partial charge in [-0.3, -0.25) is 14.9 Å². The van der Waals surface area contributed by atoms with E-state index in [1.165, 1.54) is 6.07 Å². The number of carbonyl (C=O) groups is 1. The second-order valence-electron chi connectivity index (χ2n) is 4.85. The van der Waals surface area contributed by atoms with Gasteiger partial charge in [-0.15, -0.1) is 0 Å². The first-order chi connectivity index (χ1) is 10.0. The predicted molar refractivity (Wildman–Crippen MR) is 80.8 cm³/mol. The number of nitrogens with one attached hydrogen (secondary N) is 1. The van der Waals surface area contributed by atoms with Crippen molar-refractivity contribution in [1.29, 1.82) is 0 Å². The van der Waals surface area contributed by atoms with E-state index in [2.05, 4.69) is 5.32 Å². The summed E-state index contributed by atoms with van der Waals surface area (Å²) in [6.07, 6.45) is 0. The number of amides is 1. The number of piperazine rings is 1. The topological polar surface area (TPSA) is 78.7 Å². The van der Waals surface area contributed by atoms with Gasteiger partial charge in [-0.05, 0) is 12.1 Å². The summed E-state index contributed by atoms with van der Waals surface area (Å²) in [7, 11) is 1.65. The Morgan fingerprint density at radius 1 is 1.48 bits per heavy atom. The van der Waals surface area contributed by atoms with E-state index in [-0.39, 0.29) is 23.2 Å². The van der Waals surface area contributed by atoms with Crippen molar-refractivity contribution >= 4 is 28.9 Å². The van der Waals surface area contributed by atoms with E-state index in [0.29, 0.717) is 18.8 Å². The summed E-state index contributed by atoms with van der Waals surface area (Å²) in [6.45, 7) is 2.94. The van der Waals surface area contributed by atoms with Crippen LogP contribution in [0.4, 0.5) is 11.4 Å². The second-order valence-corrected chi connectivity index (χ2v) is 5.26. The number of nitrogens with zero attached hydrogens (tertiary/aromatic N) is 3. The van der Waals surface area contributed by atoms with Crippen LogP contribution < -0.4 is 10.2 Å². The Morgan fingerprint density at radius 3 is 2.76 bits per heavy atom. The van der Waals surface area contributed by atoms with Gasteiger partial charge in [0.2, 0.25) is 5.91 Å². The van der Waals surface area contributed by atoms with Crippen LogP contribution in [0.5, 0.6) is 0 Å². The number of rotatable bonds is 4. The van der Waals surface area contributed by atoms with Gasteiger partial charge in [0.15, 0.2) is 0 Å². The maximum Gasteiger partial charge on any atom is 0.310 e. The number of hydrogen-bond donors (Lipinski definition) is 1. The monoisotopic (exact) mass is 312 g/mol. The lowest BCUT2D eigenvalue weighted by molar-refractivity contribution is -0.384. The Labute approximate surface area is 127 Å². The molecule has 0 radical (unpaired) electrons. The van der Waals surface area contributed by atoms with Gasteiger partial charge in [-0.2, -0.15) is 0 Å². The third-order valence-corrected chi connectivity index (χ3v) is 3.71. The zero-order chi connectivity index (χ0) is 15.4. The molecule has 8 heteroatoms. The van der Waals surface area contributed by atoms with Gasteiger partial charge in [0.1, 0.15) is 10.7 Å². The molecule has 0 atom stereocenters. The average Bonchev–Trinajstić information content (AvgIpc) is 2.47. The molecular weight excluding hydrogens is 296 g/mol. The van der Waals surface area contributed by atoms with Crippen molar-refractivity contribution in [2.45, 2.75) is 0 Å². The Kier molecular flexibility index (Phi) is 4.98. The van der Waals surface area contributed by atoms with Crippen molar-refractivity contribution in [2.24, 2.45) is 0 Å². The van der Waals surface area contributed by atoms with Crippen LogP contribution in [0.15, 0.2) is 18.2 Å². The summed E-state index contributed by atoms with van der Waals surface area (Å²) in [5, 5.41) is 14.4. The molecule has 1 aliphatic rings. The molecule has 0 bridgehead atoms. The molecule has 7 nitrogen and oxygen atoms in total. The van der Waals surface area contributed by atoms with Crippen molar-refractivity contribution in [1.82, 2.24) is 10.2 Å². The number of anilines is 1. The number of para-hydroxylation sites is 1. The summed E-state index contributed by atoms with van der Waals surface area (Å²) in [6, 6.07) is 4.70. The molecule has 21 heavy (non-hydrogen) atoms. The molecule has 1 N–H and O–H groups in total. The number of carbonyl (C=O) groups excluding carboxylic acids is 1. The van der Waals surface area contributed by atoms with Crippen molar-refractivity contribution in [3.63, 3.8) is 0 Å². The molecule has 0 aliphatic carbocycles. The highest BCUT2D eigenvalue weighted by molar-refractivity contribution is 6.33. The third-order valence-electron chi connectivity index (χ3n) is 3.40. The van der Waals surface area contributed by atoms with Crippen molar-refractivity contribution < 1.29 is 9.72 Å². The zero-order valence-electron chi connectivity index (χ0n) is 11.7. The predicted octanol–water partition coefficient (Wildman–Crippen LogP) is 1.12. The molecule has 1 heterocycles. The van der Waals surface area contributed by atoms with Gasteiger partial charge in [0, 0.05) is 33.2 Å². The fraction of sp³-hybridized carbons (Fsp3) is 0.462.